The molecule has 0 spiro atoms. The average Bonchev–Trinajstić information content (AvgIpc) is 2.55. The van der Waals surface area contributed by atoms with Gasteiger partial charge in [0.15, 0.2) is 0 Å². The number of carbonyl (C=O) groups excluding carboxylic acids is 1. The van der Waals surface area contributed by atoms with Crippen LogP contribution in [0.25, 0.3) is 0 Å². The fraction of sp³-hybridized carbons (Fsp3) is 0.235. The Hall–Kier alpha value is -1.91. The number of hydrogen-bond acceptors (Lipinski definition) is 3. The Morgan fingerprint density at radius 1 is 1.00 bits per heavy atom. The van der Waals surface area contributed by atoms with Gasteiger partial charge in [-0.3, -0.25) is 4.79 Å². The van der Waals surface area contributed by atoms with Crippen LogP contribution in [0.2, 0.25) is 10.0 Å². The van der Waals surface area contributed by atoms with E-state index in [-0.39, 0.29) is 5.91 Å². The minimum Gasteiger partial charge on any atom is -0.494 e. The molecular formula is C17H17Cl2NO3. The van der Waals surface area contributed by atoms with Crippen molar-refractivity contribution < 1.29 is 14.3 Å². The quantitative estimate of drug-likeness (QED) is 0.758. The van der Waals surface area contributed by atoms with Crippen LogP contribution in [-0.4, -0.2) is 25.7 Å². The Balaban J connectivity index is 1.76. The van der Waals surface area contributed by atoms with E-state index in [1.165, 1.54) is 6.07 Å². The summed E-state index contributed by atoms with van der Waals surface area (Å²) in [5, 5.41) is 3.53. The molecule has 0 fully saturated rings. The fourth-order valence-corrected chi connectivity index (χ4v) is 2.17. The zero-order valence-electron chi connectivity index (χ0n) is 12.6. The Morgan fingerprint density at radius 2 is 1.65 bits per heavy atom. The summed E-state index contributed by atoms with van der Waals surface area (Å²) in [4.78, 5) is 12.0. The molecule has 0 aliphatic rings. The molecule has 0 saturated heterocycles. The van der Waals surface area contributed by atoms with Crippen molar-refractivity contribution in [3.05, 3.63) is 58.1 Å². The molecule has 0 aliphatic carbocycles. The van der Waals surface area contributed by atoms with Crippen LogP contribution < -0.4 is 14.8 Å². The lowest BCUT2D eigenvalue weighted by atomic mass is 10.2. The van der Waals surface area contributed by atoms with Crippen molar-refractivity contribution in [3.63, 3.8) is 0 Å². The van der Waals surface area contributed by atoms with E-state index < -0.39 is 0 Å². The highest BCUT2D eigenvalue weighted by Gasteiger charge is 2.07. The normalized spacial score (nSPS) is 10.2. The fourth-order valence-electron chi connectivity index (χ4n) is 1.87. The number of rotatable bonds is 7. The highest BCUT2D eigenvalue weighted by Crippen LogP contribution is 2.22. The molecule has 0 atom stereocenters. The number of carbonyl (C=O) groups is 1. The molecule has 1 amide bonds. The van der Waals surface area contributed by atoms with Crippen LogP contribution in [0.1, 0.15) is 17.3 Å². The first-order valence-corrected chi connectivity index (χ1v) is 7.94. The van der Waals surface area contributed by atoms with Gasteiger partial charge >= 0.3 is 0 Å². The Bertz CT molecular complexity index is 659. The second kappa shape index (κ2) is 8.65. The lowest BCUT2D eigenvalue weighted by molar-refractivity contribution is 0.0947. The largest absolute Gasteiger partial charge is 0.494 e. The molecule has 23 heavy (non-hydrogen) atoms. The van der Waals surface area contributed by atoms with E-state index >= 15 is 0 Å². The first-order chi connectivity index (χ1) is 11.1. The van der Waals surface area contributed by atoms with E-state index in [0.29, 0.717) is 35.4 Å². The molecule has 6 heteroatoms. The first-order valence-electron chi connectivity index (χ1n) is 7.19. The number of amides is 1. The standard InChI is InChI=1S/C17H17Cl2NO3/c1-2-22-13-4-6-14(7-5-13)23-10-9-20-17(21)12-3-8-15(18)16(19)11-12/h3-8,11H,2,9-10H2,1H3,(H,20,21). The summed E-state index contributed by atoms with van der Waals surface area (Å²) in [6, 6.07) is 12.1. The van der Waals surface area contributed by atoms with Gasteiger partial charge in [-0.15, -0.1) is 0 Å². The van der Waals surface area contributed by atoms with E-state index in [9.17, 15) is 4.79 Å². The van der Waals surface area contributed by atoms with E-state index in [2.05, 4.69) is 5.32 Å². The first kappa shape index (κ1) is 17.4. The van der Waals surface area contributed by atoms with Gasteiger partial charge in [-0.2, -0.15) is 0 Å². The SMILES string of the molecule is CCOc1ccc(OCCNC(=O)c2ccc(Cl)c(Cl)c2)cc1. The molecule has 0 aliphatic heterocycles. The molecule has 0 unspecified atom stereocenters. The van der Waals surface area contributed by atoms with E-state index in [1.54, 1.807) is 12.1 Å². The van der Waals surface area contributed by atoms with E-state index in [0.717, 1.165) is 11.5 Å². The third-order valence-corrected chi connectivity index (χ3v) is 3.71. The molecule has 0 saturated carbocycles. The van der Waals surface area contributed by atoms with Crippen molar-refractivity contribution in [1.82, 2.24) is 5.32 Å². The summed E-state index contributed by atoms with van der Waals surface area (Å²) >= 11 is 11.7. The predicted octanol–water partition coefficient (Wildman–Crippen LogP) is 4.20. The van der Waals surface area contributed by atoms with Crippen LogP contribution in [0, 0.1) is 0 Å². The van der Waals surface area contributed by atoms with Crippen molar-refractivity contribution in [1.29, 1.82) is 0 Å². The van der Waals surface area contributed by atoms with Crippen molar-refractivity contribution in [3.8, 4) is 11.5 Å². The summed E-state index contributed by atoms with van der Waals surface area (Å²) in [6.45, 7) is 3.30. The maximum Gasteiger partial charge on any atom is 0.251 e. The zero-order chi connectivity index (χ0) is 16.7. The maximum atomic E-state index is 12.0. The summed E-state index contributed by atoms with van der Waals surface area (Å²) in [7, 11) is 0. The summed E-state index contributed by atoms with van der Waals surface area (Å²) in [5.74, 6) is 1.30. The van der Waals surface area contributed by atoms with Gasteiger partial charge in [0.05, 0.1) is 23.2 Å². The highest BCUT2D eigenvalue weighted by atomic mass is 35.5. The molecule has 0 heterocycles. The second-order valence-corrected chi connectivity index (χ2v) is 5.45. The Morgan fingerprint density at radius 3 is 2.26 bits per heavy atom. The molecule has 2 aromatic carbocycles. The number of benzene rings is 2. The number of halogens is 2. The summed E-state index contributed by atoms with van der Waals surface area (Å²) in [6.07, 6.45) is 0. The zero-order valence-corrected chi connectivity index (χ0v) is 14.2. The van der Waals surface area contributed by atoms with Crippen LogP contribution in [0.4, 0.5) is 0 Å². The van der Waals surface area contributed by atoms with Gasteiger partial charge in [0.1, 0.15) is 18.1 Å². The second-order valence-electron chi connectivity index (χ2n) is 4.64. The number of ether oxygens (including phenoxy) is 2. The van der Waals surface area contributed by atoms with E-state index in [1.807, 2.05) is 31.2 Å². The van der Waals surface area contributed by atoms with Crippen LogP contribution in [-0.2, 0) is 0 Å². The van der Waals surface area contributed by atoms with Gasteiger partial charge in [-0.05, 0) is 49.4 Å². The van der Waals surface area contributed by atoms with Gasteiger partial charge in [-0.1, -0.05) is 23.2 Å². The molecule has 0 aromatic heterocycles. The van der Waals surface area contributed by atoms with Gasteiger partial charge in [0.25, 0.3) is 5.91 Å². The molecule has 122 valence electrons. The lowest BCUT2D eigenvalue weighted by Gasteiger charge is -2.09. The van der Waals surface area contributed by atoms with E-state index in [4.69, 9.17) is 32.7 Å². The van der Waals surface area contributed by atoms with Crippen molar-refractivity contribution in [2.45, 2.75) is 6.92 Å². The van der Waals surface area contributed by atoms with Crippen molar-refractivity contribution in [2.24, 2.45) is 0 Å². The van der Waals surface area contributed by atoms with Crippen LogP contribution in [0.5, 0.6) is 11.5 Å². The van der Waals surface area contributed by atoms with Crippen molar-refractivity contribution in [2.75, 3.05) is 19.8 Å². The van der Waals surface area contributed by atoms with Gasteiger partial charge < -0.3 is 14.8 Å². The monoisotopic (exact) mass is 353 g/mol. The van der Waals surface area contributed by atoms with Crippen LogP contribution in [0.3, 0.4) is 0 Å². The summed E-state index contributed by atoms with van der Waals surface area (Å²) in [5.41, 5.74) is 0.459. The minimum atomic E-state index is -0.223. The van der Waals surface area contributed by atoms with Crippen LogP contribution in [0.15, 0.2) is 42.5 Å². The van der Waals surface area contributed by atoms with Crippen molar-refractivity contribution >= 4 is 29.1 Å². The number of nitrogens with one attached hydrogen (secondary N) is 1. The maximum absolute atomic E-state index is 12.0. The highest BCUT2D eigenvalue weighted by molar-refractivity contribution is 6.42. The van der Waals surface area contributed by atoms with Crippen LogP contribution >= 0.6 is 23.2 Å². The molecule has 2 aromatic rings. The molecule has 2 rings (SSSR count). The van der Waals surface area contributed by atoms with Gasteiger partial charge in [-0.25, -0.2) is 0 Å². The molecular weight excluding hydrogens is 337 g/mol. The Kier molecular flexibility index (Phi) is 6.56. The third kappa shape index (κ3) is 5.34. The van der Waals surface area contributed by atoms with Gasteiger partial charge in [0.2, 0.25) is 0 Å². The van der Waals surface area contributed by atoms with Gasteiger partial charge in [0, 0.05) is 5.56 Å². The predicted molar refractivity (Wildman–Crippen MR) is 91.9 cm³/mol. The Labute approximate surface area is 145 Å². The molecule has 4 nitrogen and oxygen atoms in total. The third-order valence-electron chi connectivity index (χ3n) is 2.97. The lowest BCUT2D eigenvalue weighted by Crippen LogP contribution is -2.28. The molecule has 1 N–H and O–H groups in total. The number of hydrogen-bond donors (Lipinski definition) is 1. The smallest absolute Gasteiger partial charge is 0.251 e. The molecule has 0 bridgehead atoms. The molecule has 0 radical (unpaired) electrons. The minimum absolute atomic E-state index is 0.223. The topological polar surface area (TPSA) is 47.6 Å². The summed E-state index contributed by atoms with van der Waals surface area (Å²) < 4.78 is 10.9. The average molecular weight is 354 g/mol.